The quantitative estimate of drug-likeness (QED) is 0.929. The van der Waals surface area contributed by atoms with Crippen LogP contribution in [0.4, 0.5) is 0 Å². The Balaban J connectivity index is 0.00000162. The van der Waals surface area contributed by atoms with E-state index in [-0.39, 0.29) is 18.4 Å². The van der Waals surface area contributed by atoms with Crippen molar-refractivity contribution in [2.45, 2.75) is 19.1 Å². The van der Waals surface area contributed by atoms with Gasteiger partial charge in [-0.1, -0.05) is 23.7 Å². The van der Waals surface area contributed by atoms with Crippen LogP contribution in [0.5, 0.6) is 0 Å². The summed E-state index contributed by atoms with van der Waals surface area (Å²) in [7, 11) is 1.68. The first kappa shape index (κ1) is 15.7. The molecule has 0 radical (unpaired) electrons. The first-order valence-corrected chi connectivity index (χ1v) is 6.27. The number of hydrogen-bond donors (Lipinski definition) is 1. The van der Waals surface area contributed by atoms with Gasteiger partial charge in [0.15, 0.2) is 0 Å². The minimum Gasteiger partial charge on any atom is -0.380 e. The number of ether oxygens (including phenoxy) is 2. The highest BCUT2D eigenvalue weighted by Gasteiger charge is 2.16. The van der Waals surface area contributed by atoms with Crippen LogP contribution < -0.4 is 5.32 Å². The summed E-state index contributed by atoms with van der Waals surface area (Å²) < 4.78 is 10.6. The van der Waals surface area contributed by atoms with Crippen molar-refractivity contribution in [3.63, 3.8) is 0 Å². The molecular weight excluding hydrogens is 273 g/mol. The number of benzene rings is 1. The molecule has 1 saturated heterocycles. The Morgan fingerprint density at radius 3 is 3.06 bits per heavy atom. The van der Waals surface area contributed by atoms with Crippen molar-refractivity contribution >= 4 is 24.0 Å². The van der Waals surface area contributed by atoms with E-state index in [2.05, 4.69) is 17.4 Å². The van der Waals surface area contributed by atoms with Gasteiger partial charge in [-0.05, 0) is 30.2 Å². The van der Waals surface area contributed by atoms with Crippen LogP contribution in [0.15, 0.2) is 18.2 Å². The van der Waals surface area contributed by atoms with E-state index in [0.717, 1.165) is 35.7 Å². The molecule has 5 heteroatoms. The SMILES string of the molecule is COCc1ccc([C@@H]2COCCCN2)c(Cl)c1.Cl. The lowest BCUT2D eigenvalue weighted by molar-refractivity contribution is 0.131. The summed E-state index contributed by atoms with van der Waals surface area (Å²) in [5, 5.41) is 4.23. The highest BCUT2D eigenvalue weighted by Crippen LogP contribution is 2.25. The second-order valence-corrected chi connectivity index (χ2v) is 4.63. The summed E-state index contributed by atoms with van der Waals surface area (Å²) >= 11 is 6.30. The molecule has 102 valence electrons. The lowest BCUT2D eigenvalue weighted by Gasteiger charge is -2.17. The molecule has 0 amide bonds. The van der Waals surface area contributed by atoms with Gasteiger partial charge in [0.1, 0.15) is 0 Å². The van der Waals surface area contributed by atoms with E-state index in [1.165, 1.54) is 0 Å². The van der Waals surface area contributed by atoms with Crippen LogP contribution in [-0.2, 0) is 16.1 Å². The van der Waals surface area contributed by atoms with Gasteiger partial charge in [-0.25, -0.2) is 0 Å². The lowest BCUT2D eigenvalue weighted by atomic mass is 10.1. The molecule has 1 N–H and O–H groups in total. The van der Waals surface area contributed by atoms with E-state index in [1.807, 2.05) is 6.07 Å². The fraction of sp³-hybridized carbons (Fsp3) is 0.538. The molecule has 2 rings (SSSR count). The second-order valence-electron chi connectivity index (χ2n) is 4.22. The fourth-order valence-corrected chi connectivity index (χ4v) is 2.35. The average Bonchev–Trinajstić information content (AvgIpc) is 2.58. The van der Waals surface area contributed by atoms with Crippen molar-refractivity contribution in [2.24, 2.45) is 0 Å². The predicted octanol–water partition coefficient (Wildman–Crippen LogP) is 2.96. The minimum absolute atomic E-state index is 0. The molecule has 0 aromatic heterocycles. The van der Waals surface area contributed by atoms with Crippen molar-refractivity contribution in [2.75, 3.05) is 26.9 Å². The summed E-state index contributed by atoms with van der Waals surface area (Å²) in [6, 6.07) is 6.27. The zero-order valence-electron chi connectivity index (χ0n) is 10.4. The molecule has 3 nitrogen and oxygen atoms in total. The number of rotatable bonds is 3. The molecule has 1 aromatic rings. The molecule has 1 aliphatic heterocycles. The van der Waals surface area contributed by atoms with Crippen molar-refractivity contribution in [1.29, 1.82) is 0 Å². The highest BCUT2D eigenvalue weighted by molar-refractivity contribution is 6.31. The maximum absolute atomic E-state index is 6.30. The van der Waals surface area contributed by atoms with Gasteiger partial charge in [0, 0.05) is 18.7 Å². The first-order chi connectivity index (χ1) is 8.31. The molecule has 18 heavy (non-hydrogen) atoms. The van der Waals surface area contributed by atoms with Gasteiger partial charge < -0.3 is 14.8 Å². The molecule has 1 heterocycles. The number of methoxy groups -OCH3 is 1. The molecule has 1 aromatic carbocycles. The third kappa shape index (κ3) is 4.11. The predicted molar refractivity (Wildman–Crippen MR) is 75.6 cm³/mol. The third-order valence-corrected chi connectivity index (χ3v) is 3.22. The van der Waals surface area contributed by atoms with E-state index in [0.29, 0.717) is 13.2 Å². The van der Waals surface area contributed by atoms with Gasteiger partial charge in [0.25, 0.3) is 0 Å². The van der Waals surface area contributed by atoms with Crippen molar-refractivity contribution in [3.8, 4) is 0 Å². The largest absolute Gasteiger partial charge is 0.380 e. The standard InChI is InChI=1S/C13H18ClNO2.ClH/c1-16-8-10-3-4-11(12(14)7-10)13-9-17-6-2-5-15-13;/h3-4,7,13,15H,2,5-6,8-9H2,1H3;1H/t13-;/m0./s1. The minimum atomic E-state index is 0. The Labute approximate surface area is 119 Å². The molecular formula is C13H19Cl2NO2. The maximum Gasteiger partial charge on any atom is 0.0713 e. The molecule has 0 bridgehead atoms. The molecule has 0 aliphatic carbocycles. The van der Waals surface area contributed by atoms with Crippen molar-refractivity contribution in [3.05, 3.63) is 34.3 Å². The molecule has 1 fully saturated rings. The van der Waals surface area contributed by atoms with Crippen LogP contribution >= 0.6 is 24.0 Å². The Morgan fingerprint density at radius 1 is 1.50 bits per heavy atom. The van der Waals surface area contributed by atoms with E-state index in [1.54, 1.807) is 7.11 Å². The number of halogens is 2. The molecule has 0 saturated carbocycles. The van der Waals surface area contributed by atoms with Gasteiger partial charge in [0.2, 0.25) is 0 Å². The van der Waals surface area contributed by atoms with Gasteiger partial charge in [0.05, 0.1) is 19.3 Å². The third-order valence-electron chi connectivity index (χ3n) is 2.89. The Kier molecular flexibility index (Phi) is 6.97. The summed E-state index contributed by atoms with van der Waals surface area (Å²) in [6.45, 7) is 3.07. The normalized spacial score (nSPS) is 20.0. The topological polar surface area (TPSA) is 30.5 Å². The lowest BCUT2D eigenvalue weighted by Crippen LogP contribution is -2.23. The number of hydrogen-bond acceptors (Lipinski definition) is 3. The zero-order chi connectivity index (χ0) is 12.1. The van der Waals surface area contributed by atoms with E-state index >= 15 is 0 Å². The van der Waals surface area contributed by atoms with E-state index in [9.17, 15) is 0 Å². The monoisotopic (exact) mass is 291 g/mol. The van der Waals surface area contributed by atoms with E-state index in [4.69, 9.17) is 21.1 Å². The van der Waals surface area contributed by atoms with Crippen LogP contribution in [0.1, 0.15) is 23.6 Å². The summed E-state index contributed by atoms with van der Waals surface area (Å²) in [4.78, 5) is 0. The Morgan fingerprint density at radius 2 is 2.33 bits per heavy atom. The number of nitrogens with one attached hydrogen (secondary N) is 1. The molecule has 0 unspecified atom stereocenters. The van der Waals surface area contributed by atoms with Crippen LogP contribution in [-0.4, -0.2) is 26.9 Å². The van der Waals surface area contributed by atoms with Crippen molar-refractivity contribution < 1.29 is 9.47 Å². The van der Waals surface area contributed by atoms with Gasteiger partial charge in [-0.2, -0.15) is 0 Å². The van der Waals surface area contributed by atoms with E-state index < -0.39 is 0 Å². The van der Waals surface area contributed by atoms with Gasteiger partial charge >= 0.3 is 0 Å². The maximum atomic E-state index is 6.30. The van der Waals surface area contributed by atoms with Crippen molar-refractivity contribution in [1.82, 2.24) is 5.32 Å². The summed E-state index contributed by atoms with van der Waals surface area (Å²) in [5.41, 5.74) is 2.20. The van der Waals surface area contributed by atoms with Crippen LogP contribution in [0.2, 0.25) is 5.02 Å². The smallest absolute Gasteiger partial charge is 0.0713 e. The Bertz CT molecular complexity index is 366. The van der Waals surface area contributed by atoms with Gasteiger partial charge in [-0.3, -0.25) is 0 Å². The zero-order valence-corrected chi connectivity index (χ0v) is 12.0. The van der Waals surface area contributed by atoms with Gasteiger partial charge in [-0.15, -0.1) is 12.4 Å². The fourth-order valence-electron chi connectivity index (χ4n) is 2.02. The highest BCUT2D eigenvalue weighted by atomic mass is 35.5. The van der Waals surface area contributed by atoms with Crippen LogP contribution in [0, 0.1) is 0 Å². The first-order valence-electron chi connectivity index (χ1n) is 5.89. The molecule has 1 aliphatic rings. The Hall–Kier alpha value is -0.320. The average molecular weight is 292 g/mol. The van der Waals surface area contributed by atoms with Crippen LogP contribution in [0.3, 0.4) is 0 Å². The molecule has 1 atom stereocenters. The molecule has 0 spiro atoms. The summed E-state index contributed by atoms with van der Waals surface area (Å²) in [6.07, 6.45) is 1.05. The summed E-state index contributed by atoms with van der Waals surface area (Å²) in [5.74, 6) is 0. The van der Waals surface area contributed by atoms with Crippen LogP contribution in [0.25, 0.3) is 0 Å². The second kappa shape index (κ2) is 7.97.